The third-order valence-electron chi connectivity index (χ3n) is 4.23. The van der Waals surface area contributed by atoms with Crippen LogP contribution in [-0.4, -0.2) is 46.6 Å². The van der Waals surface area contributed by atoms with Crippen LogP contribution in [0.5, 0.6) is 0 Å². The Morgan fingerprint density at radius 3 is 2.95 bits per heavy atom. The molecule has 1 aromatic rings. The SMILES string of the molecule is Cc1nc(CC2CCCN(C(=O)C3CCCN3)C2)no1.Cl. The summed E-state index contributed by atoms with van der Waals surface area (Å²) in [7, 11) is 0. The maximum Gasteiger partial charge on any atom is 0.239 e. The van der Waals surface area contributed by atoms with Gasteiger partial charge in [0.1, 0.15) is 0 Å². The molecule has 3 rings (SSSR count). The second-order valence-corrected chi connectivity index (χ2v) is 5.88. The molecule has 0 aromatic carbocycles. The third-order valence-corrected chi connectivity index (χ3v) is 4.23. The number of carbonyl (C=O) groups excluding carboxylic acids is 1. The molecule has 0 bridgehead atoms. The minimum atomic E-state index is 0. The molecule has 2 unspecified atom stereocenters. The second-order valence-electron chi connectivity index (χ2n) is 5.88. The first kappa shape index (κ1) is 16.2. The summed E-state index contributed by atoms with van der Waals surface area (Å²) in [6.45, 7) is 4.48. The largest absolute Gasteiger partial charge is 0.341 e. The van der Waals surface area contributed by atoms with Crippen molar-refractivity contribution in [1.82, 2.24) is 20.4 Å². The molecule has 21 heavy (non-hydrogen) atoms. The van der Waals surface area contributed by atoms with Crippen LogP contribution in [0.25, 0.3) is 0 Å². The monoisotopic (exact) mass is 314 g/mol. The molecule has 2 saturated heterocycles. The van der Waals surface area contributed by atoms with Gasteiger partial charge in [-0.15, -0.1) is 12.4 Å². The first-order valence-corrected chi connectivity index (χ1v) is 7.54. The van der Waals surface area contributed by atoms with E-state index in [1.54, 1.807) is 6.92 Å². The average Bonchev–Trinajstić information content (AvgIpc) is 3.10. The van der Waals surface area contributed by atoms with Crippen LogP contribution in [0.4, 0.5) is 0 Å². The van der Waals surface area contributed by atoms with Crippen molar-refractivity contribution in [3.63, 3.8) is 0 Å². The highest BCUT2D eigenvalue weighted by atomic mass is 35.5. The van der Waals surface area contributed by atoms with Crippen LogP contribution >= 0.6 is 12.4 Å². The molecule has 0 saturated carbocycles. The lowest BCUT2D eigenvalue weighted by atomic mass is 9.94. The predicted octanol–water partition coefficient (Wildman–Crippen LogP) is 1.33. The van der Waals surface area contributed by atoms with Crippen LogP contribution in [0.3, 0.4) is 0 Å². The number of nitrogens with zero attached hydrogens (tertiary/aromatic N) is 3. The van der Waals surface area contributed by atoms with E-state index in [9.17, 15) is 4.79 Å². The number of carbonyl (C=O) groups is 1. The Bertz CT molecular complexity index is 473. The zero-order chi connectivity index (χ0) is 13.9. The quantitative estimate of drug-likeness (QED) is 0.911. The molecule has 0 spiro atoms. The zero-order valence-corrected chi connectivity index (χ0v) is 13.2. The minimum absolute atomic E-state index is 0. The van der Waals surface area contributed by atoms with Gasteiger partial charge in [0.25, 0.3) is 0 Å². The van der Waals surface area contributed by atoms with Crippen LogP contribution in [-0.2, 0) is 11.2 Å². The Morgan fingerprint density at radius 2 is 2.29 bits per heavy atom. The first-order chi connectivity index (χ1) is 9.72. The van der Waals surface area contributed by atoms with Crippen LogP contribution < -0.4 is 5.32 Å². The minimum Gasteiger partial charge on any atom is -0.341 e. The van der Waals surface area contributed by atoms with Gasteiger partial charge in [0, 0.05) is 26.4 Å². The van der Waals surface area contributed by atoms with Crippen molar-refractivity contribution in [3.8, 4) is 0 Å². The maximum atomic E-state index is 12.4. The number of hydrogen-bond donors (Lipinski definition) is 1. The highest BCUT2D eigenvalue weighted by Crippen LogP contribution is 2.21. The van der Waals surface area contributed by atoms with Gasteiger partial charge in [-0.05, 0) is 38.1 Å². The summed E-state index contributed by atoms with van der Waals surface area (Å²) < 4.78 is 5.01. The lowest BCUT2D eigenvalue weighted by Gasteiger charge is -2.34. The van der Waals surface area contributed by atoms with E-state index in [0.717, 1.165) is 57.6 Å². The number of nitrogens with one attached hydrogen (secondary N) is 1. The molecular formula is C14H23ClN4O2. The Hall–Kier alpha value is -1.14. The van der Waals surface area contributed by atoms with Gasteiger partial charge in [-0.3, -0.25) is 4.79 Å². The molecule has 6 nitrogen and oxygen atoms in total. The third kappa shape index (κ3) is 3.95. The van der Waals surface area contributed by atoms with E-state index in [4.69, 9.17) is 4.52 Å². The van der Waals surface area contributed by atoms with E-state index in [-0.39, 0.29) is 24.4 Å². The van der Waals surface area contributed by atoms with E-state index >= 15 is 0 Å². The number of aromatic nitrogens is 2. The molecule has 2 fully saturated rings. The molecule has 1 N–H and O–H groups in total. The summed E-state index contributed by atoms with van der Waals surface area (Å²) in [5, 5.41) is 7.25. The van der Waals surface area contributed by atoms with Crippen LogP contribution in [0.2, 0.25) is 0 Å². The van der Waals surface area contributed by atoms with Gasteiger partial charge in [-0.2, -0.15) is 4.98 Å². The fourth-order valence-electron chi connectivity index (χ4n) is 3.23. The van der Waals surface area contributed by atoms with Crippen LogP contribution in [0.15, 0.2) is 4.52 Å². The van der Waals surface area contributed by atoms with E-state index < -0.39 is 0 Å². The summed E-state index contributed by atoms with van der Waals surface area (Å²) in [6, 6.07) is 0.0427. The summed E-state index contributed by atoms with van der Waals surface area (Å²) in [5.74, 6) is 2.10. The zero-order valence-electron chi connectivity index (χ0n) is 12.4. The number of likely N-dealkylation sites (tertiary alicyclic amines) is 1. The van der Waals surface area contributed by atoms with Crippen molar-refractivity contribution in [2.75, 3.05) is 19.6 Å². The van der Waals surface area contributed by atoms with Crippen molar-refractivity contribution < 1.29 is 9.32 Å². The number of piperidine rings is 1. The topological polar surface area (TPSA) is 71.3 Å². The van der Waals surface area contributed by atoms with E-state index in [2.05, 4.69) is 15.5 Å². The lowest BCUT2D eigenvalue weighted by Crippen LogP contribution is -2.48. The van der Waals surface area contributed by atoms with Gasteiger partial charge < -0.3 is 14.7 Å². The van der Waals surface area contributed by atoms with E-state index in [0.29, 0.717) is 11.8 Å². The van der Waals surface area contributed by atoms with Crippen molar-refractivity contribution >= 4 is 18.3 Å². The van der Waals surface area contributed by atoms with Crippen molar-refractivity contribution in [1.29, 1.82) is 0 Å². The van der Waals surface area contributed by atoms with Crippen molar-refractivity contribution in [2.45, 2.75) is 45.1 Å². The Balaban J connectivity index is 0.00000161. The molecule has 1 amide bonds. The average molecular weight is 315 g/mol. The smallest absolute Gasteiger partial charge is 0.239 e. The second kappa shape index (κ2) is 7.22. The first-order valence-electron chi connectivity index (χ1n) is 7.54. The Kier molecular flexibility index (Phi) is 5.58. The lowest BCUT2D eigenvalue weighted by molar-refractivity contribution is -0.134. The number of hydrogen-bond acceptors (Lipinski definition) is 5. The highest BCUT2D eigenvalue weighted by molar-refractivity contribution is 5.85. The van der Waals surface area contributed by atoms with Gasteiger partial charge >= 0.3 is 0 Å². The summed E-state index contributed by atoms with van der Waals surface area (Å²) in [6.07, 6.45) is 5.09. The van der Waals surface area contributed by atoms with Gasteiger partial charge in [-0.25, -0.2) is 0 Å². The number of amides is 1. The maximum absolute atomic E-state index is 12.4. The van der Waals surface area contributed by atoms with Gasteiger partial charge in [0.05, 0.1) is 6.04 Å². The molecule has 1 aromatic heterocycles. The van der Waals surface area contributed by atoms with E-state index in [1.807, 2.05) is 4.90 Å². The van der Waals surface area contributed by atoms with Crippen molar-refractivity contribution in [2.24, 2.45) is 5.92 Å². The molecule has 2 atom stereocenters. The molecule has 0 radical (unpaired) electrons. The van der Waals surface area contributed by atoms with Gasteiger partial charge in [0.2, 0.25) is 11.8 Å². The molecular weight excluding hydrogens is 292 g/mol. The predicted molar refractivity (Wildman–Crippen MR) is 80.3 cm³/mol. The molecule has 2 aliphatic rings. The van der Waals surface area contributed by atoms with Crippen molar-refractivity contribution in [3.05, 3.63) is 11.7 Å². The molecule has 118 valence electrons. The molecule has 3 heterocycles. The standard InChI is InChI=1S/C14H22N4O2.ClH/c1-10-16-13(17-20-10)8-11-4-3-7-18(9-11)14(19)12-5-2-6-15-12;/h11-12,15H,2-9H2,1H3;1H. The normalized spacial score (nSPS) is 25.7. The van der Waals surface area contributed by atoms with E-state index in [1.165, 1.54) is 0 Å². The number of halogens is 1. The fourth-order valence-corrected chi connectivity index (χ4v) is 3.23. The summed E-state index contributed by atoms with van der Waals surface area (Å²) in [5.41, 5.74) is 0. The Labute approximate surface area is 131 Å². The number of aryl methyl sites for hydroxylation is 1. The van der Waals surface area contributed by atoms with Crippen LogP contribution in [0.1, 0.15) is 37.4 Å². The summed E-state index contributed by atoms with van der Waals surface area (Å²) in [4.78, 5) is 18.7. The summed E-state index contributed by atoms with van der Waals surface area (Å²) >= 11 is 0. The molecule has 7 heteroatoms. The highest BCUT2D eigenvalue weighted by Gasteiger charge is 2.30. The van der Waals surface area contributed by atoms with Gasteiger partial charge in [0.15, 0.2) is 5.82 Å². The van der Waals surface area contributed by atoms with Gasteiger partial charge in [-0.1, -0.05) is 5.16 Å². The fraction of sp³-hybridized carbons (Fsp3) is 0.786. The molecule has 0 aliphatic carbocycles. The molecule has 2 aliphatic heterocycles. The van der Waals surface area contributed by atoms with Crippen LogP contribution in [0, 0.1) is 12.8 Å². The Morgan fingerprint density at radius 1 is 1.43 bits per heavy atom. The number of rotatable bonds is 3.